The van der Waals surface area contributed by atoms with Crippen LogP contribution >= 0.6 is 0 Å². The molecule has 0 spiro atoms. The minimum absolute atomic E-state index is 0.102. The number of para-hydroxylation sites is 1. The largest absolute Gasteiger partial charge is 0.496 e. The first-order valence-corrected chi connectivity index (χ1v) is 6.57. The van der Waals surface area contributed by atoms with Crippen LogP contribution in [-0.4, -0.2) is 44.1 Å². The van der Waals surface area contributed by atoms with E-state index in [9.17, 15) is 4.79 Å². The van der Waals surface area contributed by atoms with Crippen LogP contribution in [0, 0.1) is 0 Å². The Morgan fingerprint density at radius 3 is 2.58 bits per heavy atom. The maximum atomic E-state index is 12.1. The first kappa shape index (κ1) is 15.5. The Morgan fingerprint density at radius 2 is 2.00 bits per heavy atom. The molecular formula is C15H24N2O2. The van der Waals surface area contributed by atoms with Gasteiger partial charge >= 0.3 is 0 Å². The number of nitrogens with zero attached hydrogens (tertiary/aromatic N) is 1. The fourth-order valence-electron chi connectivity index (χ4n) is 1.97. The molecule has 1 aromatic rings. The van der Waals surface area contributed by atoms with E-state index in [0.717, 1.165) is 17.7 Å². The fourth-order valence-corrected chi connectivity index (χ4v) is 1.97. The first-order chi connectivity index (χ1) is 9.01. The average molecular weight is 264 g/mol. The van der Waals surface area contributed by atoms with Crippen LogP contribution in [-0.2, 0) is 11.2 Å². The minimum Gasteiger partial charge on any atom is -0.496 e. The Hall–Kier alpha value is -1.55. The van der Waals surface area contributed by atoms with E-state index < -0.39 is 0 Å². The maximum Gasteiger partial charge on any atom is 0.239 e. The molecule has 106 valence electrons. The topological polar surface area (TPSA) is 41.6 Å². The molecule has 0 aliphatic heterocycles. The summed E-state index contributed by atoms with van der Waals surface area (Å²) in [5, 5.41) is 2.97. The van der Waals surface area contributed by atoms with Crippen LogP contribution in [0.2, 0.25) is 0 Å². The molecule has 4 nitrogen and oxygen atoms in total. The maximum absolute atomic E-state index is 12.1. The van der Waals surface area contributed by atoms with Crippen molar-refractivity contribution >= 4 is 5.91 Å². The van der Waals surface area contributed by atoms with Crippen LogP contribution in [0.1, 0.15) is 19.4 Å². The molecule has 2 unspecified atom stereocenters. The van der Waals surface area contributed by atoms with E-state index in [1.165, 1.54) is 0 Å². The standard InChI is InChI=1S/C15H24N2O2/c1-11(17(4)15(18)12(2)16-3)10-13-8-6-7-9-14(13)19-5/h6-9,11-12,16H,10H2,1-5H3. The molecule has 19 heavy (non-hydrogen) atoms. The lowest BCUT2D eigenvalue weighted by molar-refractivity contribution is -0.133. The molecule has 0 saturated carbocycles. The Labute approximate surface area is 115 Å². The molecule has 0 fully saturated rings. The molecule has 0 heterocycles. The van der Waals surface area contributed by atoms with Gasteiger partial charge in [0.15, 0.2) is 0 Å². The molecular weight excluding hydrogens is 240 g/mol. The number of amides is 1. The number of rotatable bonds is 6. The Kier molecular flexibility index (Phi) is 5.83. The van der Waals surface area contributed by atoms with Gasteiger partial charge in [0, 0.05) is 13.1 Å². The van der Waals surface area contributed by atoms with E-state index in [4.69, 9.17) is 4.74 Å². The van der Waals surface area contributed by atoms with Gasteiger partial charge in [-0.1, -0.05) is 18.2 Å². The summed E-state index contributed by atoms with van der Waals surface area (Å²) in [6, 6.07) is 7.88. The van der Waals surface area contributed by atoms with Crippen LogP contribution < -0.4 is 10.1 Å². The van der Waals surface area contributed by atoms with E-state index in [-0.39, 0.29) is 18.0 Å². The quantitative estimate of drug-likeness (QED) is 0.850. The second-order valence-corrected chi connectivity index (χ2v) is 4.82. The van der Waals surface area contributed by atoms with Gasteiger partial charge in [0.05, 0.1) is 13.2 Å². The summed E-state index contributed by atoms with van der Waals surface area (Å²) in [6.07, 6.45) is 0.780. The molecule has 0 radical (unpaired) electrons. The normalized spacial score (nSPS) is 13.7. The average Bonchev–Trinajstić information content (AvgIpc) is 2.45. The number of carbonyl (C=O) groups is 1. The number of hydrogen-bond donors (Lipinski definition) is 1. The van der Waals surface area contributed by atoms with Crippen LogP contribution in [0.5, 0.6) is 5.75 Å². The van der Waals surface area contributed by atoms with Gasteiger partial charge < -0.3 is 15.0 Å². The predicted octanol–water partition coefficient (Wildman–Crippen LogP) is 1.69. The third-order valence-corrected chi connectivity index (χ3v) is 3.52. The van der Waals surface area contributed by atoms with Crippen LogP contribution in [0.25, 0.3) is 0 Å². The van der Waals surface area contributed by atoms with Gasteiger partial charge in [-0.15, -0.1) is 0 Å². The number of ether oxygens (including phenoxy) is 1. The van der Waals surface area contributed by atoms with Gasteiger partial charge in [0.25, 0.3) is 0 Å². The van der Waals surface area contributed by atoms with Crippen molar-refractivity contribution in [3.05, 3.63) is 29.8 Å². The van der Waals surface area contributed by atoms with Crippen LogP contribution in [0.15, 0.2) is 24.3 Å². The third kappa shape index (κ3) is 3.96. The lowest BCUT2D eigenvalue weighted by Gasteiger charge is -2.28. The number of carbonyl (C=O) groups excluding carboxylic acids is 1. The number of hydrogen-bond acceptors (Lipinski definition) is 3. The van der Waals surface area contributed by atoms with E-state index >= 15 is 0 Å². The molecule has 0 bridgehead atoms. The van der Waals surface area contributed by atoms with Gasteiger partial charge in [-0.3, -0.25) is 4.79 Å². The Bertz CT molecular complexity index is 420. The van der Waals surface area contributed by atoms with Gasteiger partial charge in [-0.2, -0.15) is 0 Å². The van der Waals surface area contributed by atoms with Gasteiger partial charge in [0.2, 0.25) is 5.91 Å². The Morgan fingerprint density at radius 1 is 1.37 bits per heavy atom. The molecule has 2 atom stereocenters. The molecule has 0 saturated heterocycles. The number of methoxy groups -OCH3 is 1. The summed E-state index contributed by atoms with van der Waals surface area (Å²) in [6.45, 7) is 3.92. The number of likely N-dealkylation sites (N-methyl/N-ethyl adjacent to an activating group) is 2. The van der Waals surface area contributed by atoms with Crippen LogP contribution in [0.3, 0.4) is 0 Å². The molecule has 1 aromatic carbocycles. The Balaban J connectivity index is 2.73. The van der Waals surface area contributed by atoms with E-state index in [2.05, 4.69) is 5.32 Å². The van der Waals surface area contributed by atoms with Crippen molar-refractivity contribution < 1.29 is 9.53 Å². The summed E-state index contributed by atoms with van der Waals surface area (Å²) in [4.78, 5) is 13.9. The lowest BCUT2D eigenvalue weighted by atomic mass is 10.0. The molecule has 0 aliphatic carbocycles. The molecule has 1 amide bonds. The summed E-state index contributed by atoms with van der Waals surface area (Å²) in [7, 11) is 5.30. The second-order valence-electron chi connectivity index (χ2n) is 4.82. The highest BCUT2D eigenvalue weighted by molar-refractivity contribution is 5.81. The zero-order valence-corrected chi connectivity index (χ0v) is 12.4. The zero-order valence-electron chi connectivity index (χ0n) is 12.4. The molecule has 1 N–H and O–H groups in total. The van der Waals surface area contributed by atoms with Crippen molar-refractivity contribution in [3.63, 3.8) is 0 Å². The van der Waals surface area contributed by atoms with Gasteiger partial charge in [-0.05, 0) is 38.9 Å². The van der Waals surface area contributed by atoms with E-state index in [1.54, 1.807) is 19.1 Å². The lowest BCUT2D eigenvalue weighted by Crippen LogP contribution is -2.46. The van der Waals surface area contributed by atoms with E-state index in [0.29, 0.717) is 0 Å². The number of nitrogens with one attached hydrogen (secondary N) is 1. The van der Waals surface area contributed by atoms with Crippen molar-refractivity contribution in [2.45, 2.75) is 32.4 Å². The van der Waals surface area contributed by atoms with Gasteiger partial charge in [0.1, 0.15) is 5.75 Å². The molecule has 1 rings (SSSR count). The second kappa shape index (κ2) is 7.14. The summed E-state index contributed by atoms with van der Waals surface area (Å²) >= 11 is 0. The monoisotopic (exact) mass is 264 g/mol. The highest BCUT2D eigenvalue weighted by atomic mass is 16.5. The van der Waals surface area contributed by atoms with Crippen molar-refractivity contribution in [2.75, 3.05) is 21.2 Å². The summed E-state index contributed by atoms with van der Waals surface area (Å²) < 4.78 is 5.34. The molecule has 4 heteroatoms. The summed E-state index contributed by atoms with van der Waals surface area (Å²) in [5.74, 6) is 0.974. The van der Waals surface area contributed by atoms with Crippen LogP contribution in [0.4, 0.5) is 0 Å². The highest BCUT2D eigenvalue weighted by Crippen LogP contribution is 2.20. The zero-order chi connectivity index (χ0) is 14.4. The van der Waals surface area contributed by atoms with E-state index in [1.807, 2.05) is 45.2 Å². The first-order valence-electron chi connectivity index (χ1n) is 6.57. The molecule has 0 aliphatic rings. The van der Waals surface area contributed by atoms with Crippen molar-refractivity contribution in [2.24, 2.45) is 0 Å². The third-order valence-electron chi connectivity index (χ3n) is 3.52. The molecule has 0 aromatic heterocycles. The van der Waals surface area contributed by atoms with Crippen molar-refractivity contribution in [3.8, 4) is 5.75 Å². The van der Waals surface area contributed by atoms with Crippen molar-refractivity contribution in [1.82, 2.24) is 10.2 Å². The summed E-state index contributed by atoms with van der Waals surface area (Å²) in [5.41, 5.74) is 1.12. The van der Waals surface area contributed by atoms with Gasteiger partial charge in [-0.25, -0.2) is 0 Å². The van der Waals surface area contributed by atoms with Crippen molar-refractivity contribution in [1.29, 1.82) is 0 Å². The fraction of sp³-hybridized carbons (Fsp3) is 0.533. The SMILES string of the molecule is CNC(C)C(=O)N(C)C(C)Cc1ccccc1OC. The smallest absolute Gasteiger partial charge is 0.239 e. The predicted molar refractivity (Wildman–Crippen MR) is 77.5 cm³/mol. The minimum atomic E-state index is -0.162. The highest BCUT2D eigenvalue weighted by Gasteiger charge is 2.21. The number of benzene rings is 1.